The summed E-state index contributed by atoms with van der Waals surface area (Å²) in [5, 5.41) is 0. The monoisotopic (exact) mass is 510 g/mol. The quantitative estimate of drug-likeness (QED) is 0.415. The number of carbonyl (C=O) groups excluding carboxylic acids is 2. The van der Waals surface area contributed by atoms with Crippen LogP contribution in [0.15, 0.2) is 42.5 Å². The summed E-state index contributed by atoms with van der Waals surface area (Å²) in [6.45, 7) is 8.67. The van der Waals surface area contributed by atoms with Crippen molar-refractivity contribution in [2.45, 2.75) is 45.6 Å². The Balaban J connectivity index is 1.73. The van der Waals surface area contributed by atoms with Gasteiger partial charge in [0.25, 0.3) is 0 Å². The predicted octanol–water partition coefficient (Wildman–Crippen LogP) is 4.39. The van der Waals surface area contributed by atoms with Crippen molar-refractivity contribution in [1.82, 2.24) is 9.80 Å². The standard InChI is InChI=1S/C29H38N2O6/c1-5-14-30(15-6-2)26(32)18-31-17-23(21-10-13-24-25(16-21)37-19-36-24)27(29(33)35-7-3)28(31)20-8-11-22(34-4)12-9-20/h8-13,16,23,27-28H,5-7,14-15,17-19H2,1-4H3/t23-,27-,28+/m1/s1. The zero-order chi connectivity index (χ0) is 26.4. The minimum atomic E-state index is -0.493. The van der Waals surface area contributed by atoms with Gasteiger partial charge >= 0.3 is 5.97 Å². The SMILES string of the molecule is CCCN(CCC)C(=O)CN1C[C@H](c2ccc3c(c2)OCO3)[C@@H](C(=O)OCC)[C@@H]1c1ccc(OC)cc1. The molecule has 0 saturated carbocycles. The van der Waals surface area contributed by atoms with Crippen molar-refractivity contribution in [2.24, 2.45) is 5.92 Å². The van der Waals surface area contributed by atoms with Crippen molar-refractivity contribution in [3.8, 4) is 17.2 Å². The lowest BCUT2D eigenvalue weighted by Crippen LogP contribution is -2.41. The highest BCUT2D eigenvalue weighted by molar-refractivity contribution is 5.80. The van der Waals surface area contributed by atoms with E-state index < -0.39 is 5.92 Å². The number of hydrogen-bond donors (Lipinski definition) is 0. The lowest BCUT2D eigenvalue weighted by molar-refractivity contribution is -0.150. The van der Waals surface area contributed by atoms with E-state index in [9.17, 15) is 9.59 Å². The first-order valence-electron chi connectivity index (χ1n) is 13.2. The zero-order valence-corrected chi connectivity index (χ0v) is 22.3. The van der Waals surface area contributed by atoms with Crippen molar-refractivity contribution in [3.05, 3.63) is 53.6 Å². The van der Waals surface area contributed by atoms with Crippen LogP contribution in [0.3, 0.4) is 0 Å². The van der Waals surface area contributed by atoms with E-state index in [2.05, 4.69) is 18.7 Å². The first-order valence-corrected chi connectivity index (χ1v) is 13.2. The highest BCUT2D eigenvalue weighted by Crippen LogP contribution is 2.48. The van der Waals surface area contributed by atoms with Crippen LogP contribution in [0.5, 0.6) is 17.2 Å². The highest BCUT2D eigenvalue weighted by Gasteiger charge is 2.49. The smallest absolute Gasteiger partial charge is 0.311 e. The van der Waals surface area contributed by atoms with E-state index in [-0.39, 0.29) is 43.8 Å². The third-order valence-corrected chi connectivity index (χ3v) is 7.12. The fraction of sp³-hybridized carbons (Fsp3) is 0.517. The molecule has 2 heterocycles. The predicted molar refractivity (Wildman–Crippen MR) is 140 cm³/mol. The number of rotatable bonds is 11. The van der Waals surface area contributed by atoms with E-state index in [4.69, 9.17) is 18.9 Å². The van der Waals surface area contributed by atoms with Crippen LogP contribution in [0.1, 0.15) is 56.7 Å². The summed E-state index contributed by atoms with van der Waals surface area (Å²) in [7, 11) is 1.63. The van der Waals surface area contributed by atoms with Crippen molar-refractivity contribution >= 4 is 11.9 Å². The van der Waals surface area contributed by atoms with E-state index >= 15 is 0 Å². The van der Waals surface area contributed by atoms with Crippen LogP contribution < -0.4 is 14.2 Å². The van der Waals surface area contributed by atoms with Crippen LogP contribution in [0.4, 0.5) is 0 Å². The molecule has 0 aromatic heterocycles. The van der Waals surface area contributed by atoms with Gasteiger partial charge in [-0.25, -0.2) is 0 Å². The molecule has 37 heavy (non-hydrogen) atoms. The molecule has 3 atom stereocenters. The van der Waals surface area contributed by atoms with Gasteiger partial charge in [-0.1, -0.05) is 32.0 Å². The Morgan fingerprint density at radius 1 is 0.973 bits per heavy atom. The van der Waals surface area contributed by atoms with E-state index in [1.165, 1.54) is 0 Å². The van der Waals surface area contributed by atoms with Crippen molar-refractivity contribution in [3.63, 3.8) is 0 Å². The van der Waals surface area contributed by atoms with Gasteiger partial charge in [0.1, 0.15) is 5.75 Å². The molecule has 0 spiro atoms. The summed E-state index contributed by atoms with van der Waals surface area (Å²) >= 11 is 0. The minimum absolute atomic E-state index is 0.0798. The van der Waals surface area contributed by atoms with Gasteiger partial charge in [0.2, 0.25) is 12.7 Å². The Bertz CT molecular complexity index is 1070. The van der Waals surface area contributed by atoms with Crippen LogP contribution >= 0.6 is 0 Å². The van der Waals surface area contributed by atoms with Crippen molar-refractivity contribution < 1.29 is 28.5 Å². The van der Waals surface area contributed by atoms with E-state index in [1.54, 1.807) is 7.11 Å². The Labute approximate surface area is 219 Å². The van der Waals surface area contributed by atoms with E-state index in [1.807, 2.05) is 54.3 Å². The molecule has 0 radical (unpaired) electrons. The molecule has 200 valence electrons. The fourth-order valence-corrected chi connectivity index (χ4v) is 5.47. The number of ether oxygens (including phenoxy) is 4. The molecule has 8 nitrogen and oxygen atoms in total. The number of methoxy groups -OCH3 is 1. The molecule has 2 aliphatic rings. The summed E-state index contributed by atoms with van der Waals surface area (Å²) in [6.07, 6.45) is 1.80. The lowest BCUT2D eigenvalue weighted by atomic mass is 9.82. The fourth-order valence-electron chi connectivity index (χ4n) is 5.47. The number of nitrogens with zero attached hydrogens (tertiary/aromatic N) is 2. The van der Waals surface area contributed by atoms with E-state index in [0.29, 0.717) is 18.0 Å². The molecule has 0 unspecified atom stereocenters. The molecule has 0 aliphatic carbocycles. The van der Waals surface area contributed by atoms with Gasteiger partial charge in [-0.3, -0.25) is 14.5 Å². The molecular weight excluding hydrogens is 472 g/mol. The van der Waals surface area contributed by atoms with Gasteiger partial charge in [0, 0.05) is 31.6 Å². The van der Waals surface area contributed by atoms with Gasteiger partial charge in [-0.15, -0.1) is 0 Å². The average molecular weight is 511 g/mol. The summed E-state index contributed by atoms with van der Waals surface area (Å²) in [5.41, 5.74) is 1.92. The van der Waals surface area contributed by atoms with Crippen LogP contribution in [0, 0.1) is 5.92 Å². The number of carbonyl (C=O) groups is 2. The highest BCUT2D eigenvalue weighted by atomic mass is 16.7. The Morgan fingerprint density at radius 2 is 1.65 bits per heavy atom. The Kier molecular flexibility index (Phi) is 8.92. The zero-order valence-electron chi connectivity index (χ0n) is 22.3. The number of esters is 1. The molecule has 1 amide bonds. The molecule has 0 bridgehead atoms. The van der Waals surface area contributed by atoms with Gasteiger partial charge in [0.05, 0.1) is 26.2 Å². The second-order valence-electron chi connectivity index (χ2n) is 9.53. The van der Waals surface area contributed by atoms with Crippen LogP contribution in [-0.4, -0.2) is 68.4 Å². The Hall–Kier alpha value is -3.26. The molecule has 1 saturated heterocycles. The maximum Gasteiger partial charge on any atom is 0.311 e. The molecule has 0 N–H and O–H groups in total. The molecule has 2 aliphatic heterocycles. The molecule has 8 heteroatoms. The number of fused-ring (bicyclic) bond motifs is 1. The van der Waals surface area contributed by atoms with Crippen LogP contribution in [-0.2, 0) is 14.3 Å². The largest absolute Gasteiger partial charge is 0.497 e. The molecule has 2 aromatic rings. The van der Waals surface area contributed by atoms with Crippen molar-refractivity contribution in [1.29, 1.82) is 0 Å². The second-order valence-corrected chi connectivity index (χ2v) is 9.53. The summed E-state index contributed by atoms with van der Waals surface area (Å²) < 4.78 is 22.1. The molecule has 1 fully saturated rings. The van der Waals surface area contributed by atoms with Crippen molar-refractivity contribution in [2.75, 3.05) is 46.7 Å². The lowest BCUT2D eigenvalue weighted by Gasteiger charge is -2.30. The molecular formula is C29H38N2O6. The van der Waals surface area contributed by atoms with Crippen LogP contribution in [0.25, 0.3) is 0 Å². The number of benzene rings is 2. The van der Waals surface area contributed by atoms with Gasteiger partial charge in [-0.05, 0) is 55.2 Å². The normalized spacial score (nSPS) is 20.6. The van der Waals surface area contributed by atoms with Gasteiger partial charge in [0.15, 0.2) is 11.5 Å². The maximum absolute atomic E-state index is 13.5. The third kappa shape index (κ3) is 5.85. The summed E-state index contributed by atoms with van der Waals surface area (Å²) in [4.78, 5) is 31.0. The average Bonchev–Trinajstić information content (AvgIpc) is 3.53. The first kappa shape index (κ1) is 26.8. The number of amides is 1. The minimum Gasteiger partial charge on any atom is -0.497 e. The Morgan fingerprint density at radius 3 is 2.30 bits per heavy atom. The summed E-state index contributed by atoms with van der Waals surface area (Å²) in [6, 6.07) is 13.3. The van der Waals surface area contributed by atoms with Gasteiger partial charge in [-0.2, -0.15) is 0 Å². The first-order chi connectivity index (χ1) is 18.0. The number of likely N-dealkylation sites (tertiary alicyclic amines) is 1. The van der Waals surface area contributed by atoms with Crippen LogP contribution in [0.2, 0.25) is 0 Å². The number of hydrogen-bond acceptors (Lipinski definition) is 7. The van der Waals surface area contributed by atoms with Gasteiger partial charge < -0.3 is 23.8 Å². The van der Waals surface area contributed by atoms with E-state index in [0.717, 1.165) is 42.8 Å². The topological polar surface area (TPSA) is 77.5 Å². The molecule has 2 aromatic carbocycles. The second kappa shape index (κ2) is 12.3. The maximum atomic E-state index is 13.5. The summed E-state index contributed by atoms with van der Waals surface area (Å²) in [5.74, 6) is 1.25. The third-order valence-electron chi connectivity index (χ3n) is 7.12. The molecule has 4 rings (SSSR count).